The minimum atomic E-state index is -0.500. The summed E-state index contributed by atoms with van der Waals surface area (Å²) in [5.74, 6) is 0.360. The maximum Gasteiger partial charge on any atom is 0.363 e. The second-order valence-electron chi connectivity index (χ2n) is 3.39. The van der Waals surface area contributed by atoms with Gasteiger partial charge in [0, 0.05) is 9.75 Å². The van der Waals surface area contributed by atoms with Gasteiger partial charge in [0.05, 0.1) is 6.21 Å². The van der Waals surface area contributed by atoms with Gasteiger partial charge in [-0.05, 0) is 26.0 Å². The molecule has 2 aromatic rings. The molecule has 0 radical (unpaired) electrons. The van der Waals surface area contributed by atoms with Crippen LogP contribution in [-0.2, 0) is 0 Å². The molecule has 0 spiro atoms. The van der Waals surface area contributed by atoms with Crippen LogP contribution < -0.4 is 11.1 Å². The van der Waals surface area contributed by atoms with Crippen molar-refractivity contribution in [1.82, 2.24) is 15.2 Å². The van der Waals surface area contributed by atoms with E-state index >= 15 is 0 Å². The molecule has 88 valence electrons. The van der Waals surface area contributed by atoms with E-state index in [-0.39, 0.29) is 0 Å². The van der Waals surface area contributed by atoms with E-state index in [0.717, 1.165) is 4.88 Å². The Labute approximate surface area is 101 Å². The molecule has 0 fully saturated rings. The van der Waals surface area contributed by atoms with Gasteiger partial charge in [0.25, 0.3) is 0 Å². The van der Waals surface area contributed by atoms with Crippen molar-refractivity contribution in [2.45, 2.75) is 13.8 Å². The van der Waals surface area contributed by atoms with Crippen LogP contribution in [0.2, 0.25) is 0 Å². The maximum absolute atomic E-state index is 11.0. The number of thiophene rings is 1. The van der Waals surface area contributed by atoms with E-state index in [1.165, 1.54) is 4.88 Å². The zero-order valence-electron chi connectivity index (χ0n) is 9.39. The lowest BCUT2D eigenvalue weighted by atomic mass is 10.4. The first-order chi connectivity index (χ1) is 8.15. The van der Waals surface area contributed by atoms with E-state index < -0.39 is 5.69 Å². The molecule has 2 aromatic heterocycles. The van der Waals surface area contributed by atoms with Gasteiger partial charge in [-0.25, -0.2) is 9.89 Å². The lowest BCUT2D eigenvalue weighted by Crippen LogP contribution is -2.15. The van der Waals surface area contributed by atoms with Crippen molar-refractivity contribution in [1.29, 1.82) is 0 Å². The van der Waals surface area contributed by atoms with Crippen LogP contribution in [0.15, 0.2) is 22.0 Å². The number of aromatic amines is 1. The molecule has 2 N–H and O–H groups in total. The predicted octanol–water partition coefficient (Wildman–Crippen LogP) is 1.29. The smallest absolute Gasteiger partial charge is 0.260 e. The summed E-state index contributed by atoms with van der Waals surface area (Å²) in [5, 5.41) is 10.0. The summed E-state index contributed by atoms with van der Waals surface area (Å²) in [6.45, 7) is 3.76. The fourth-order valence-corrected chi connectivity index (χ4v) is 1.93. The first-order valence-corrected chi connectivity index (χ1v) is 5.75. The van der Waals surface area contributed by atoms with E-state index in [1.807, 2.05) is 19.1 Å². The average Bonchev–Trinajstić information content (AvgIpc) is 2.69. The van der Waals surface area contributed by atoms with Crippen LogP contribution in [0.4, 0.5) is 5.82 Å². The van der Waals surface area contributed by atoms with Gasteiger partial charge in [0.15, 0.2) is 5.82 Å². The summed E-state index contributed by atoms with van der Waals surface area (Å²) >= 11 is 1.64. The maximum atomic E-state index is 11.0. The Balaban J connectivity index is 2.09. The summed E-state index contributed by atoms with van der Waals surface area (Å²) < 4.78 is 0. The number of hydrogen-bond donors (Lipinski definition) is 2. The quantitative estimate of drug-likeness (QED) is 0.634. The lowest BCUT2D eigenvalue weighted by Gasteiger charge is -1.99. The fourth-order valence-electron chi connectivity index (χ4n) is 1.18. The van der Waals surface area contributed by atoms with Crippen LogP contribution >= 0.6 is 11.3 Å². The number of hydrogen-bond acceptors (Lipinski definition) is 6. The summed E-state index contributed by atoms with van der Waals surface area (Å²) in [7, 11) is 0. The topological polar surface area (TPSA) is 83.0 Å². The Morgan fingerprint density at radius 1 is 1.47 bits per heavy atom. The average molecular weight is 249 g/mol. The Kier molecular flexibility index (Phi) is 3.29. The molecule has 0 saturated carbocycles. The summed E-state index contributed by atoms with van der Waals surface area (Å²) in [4.78, 5) is 16.9. The Morgan fingerprint density at radius 3 is 3.00 bits per heavy atom. The number of anilines is 1. The SMILES string of the molecule is Cc1ccc(C=NNc2nc(=O)[nH]nc2C)s1. The highest BCUT2D eigenvalue weighted by Crippen LogP contribution is 2.12. The Morgan fingerprint density at radius 2 is 2.29 bits per heavy atom. The highest BCUT2D eigenvalue weighted by atomic mass is 32.1. The van der Waals surface area contributed by atoms with Gasteiger partial charge in [-0.3, -0.25) is 5.43 Å². The van der Waals surface area contributed by atoms with Crippen LogP contribution in [0, 0.1) is 13.8 Å². The van der Waals surface area contributed by atoms with Gasteiger partial charge in [0.1, 0.15) is 5.69 Å². The molecule has 17 heavy (non-hydrogen) atoms. The van der Waals surface area contributed by atoms with Gasteiger partial charge >= 0.3 is 5.69 Å². The second kappa shape index (κ2) is 4.88. The zero-order chi connectivity index (χ0) is 12.3. The number of aryl methyl sites for hydroxylation is 2. The lowest BCUT2D eigenvalue weighted by molar-refractivity contribution is 0.879. The van der Waals surface area contributed by atoms with Crippen molar-refractivity contribution in [3.8, 4) is 0 Å². The minimum Gasteiger partial charge on any atom is -0.260 e. The Bertz CT molecular complexity index is 601. The molecule has 7 heteroatoms. The highest BCUT2D eigenvalue weighted by molar-refractivity contribution is 7.13. The van der Waals surface area contributed by atoms with Crippen LogP contribution in [0.25, 0.3) is 0 Å². The van der Waals surface area contributed by atoms with Gasteiger partial charge in [0.2, 0.25) is 0 Å². The van der Waals surface area contributed by atoms with Crippen molar-refractivity contribution >= 4 is 23.4 Å². The van der Waals surface area contributed by atoms with Crippen LogP contribution in [0.3, 0.4) is 0 Å². The third-order valence-electron chi connectivity index (χ3n) is 2.00. The first kappa shape index (κ1) is 11.5. The molecule has 6 nitrogen and oxygen atoms in total. The third kappa shape index (κ3) is 2.97. The fraction of sp³-hybridized carbons (Fsp3) is 0.200. The van der Waals surface area contributed by atoms with E-state index in [4.69, 9.17) is 0 Å². The van der Waals surface area contributed by atoms with Crippen LogP contribution in [0.5, 0.6) is 0 Å². The van der Waals surface area contributed by atoms with E-state index in [2.05, 4.69) is 25.7 Å². The third-order valence-corrected chi connectivity index (χ3v) is 2.93. The molecule has 0 aliphatic carbocycles. The number of nitrogens with one attached hydrogen (secondary N) is 2. The summed E-state index contributed by atoms with van der Waals surface area (Å²) in [6.07, 6.45) is 1.68. The monoisotopic (exact) mass is 249 g/mol. The largest absolute Gasteiger partial charge is 0.363 e. The normalized spacial score (nSPS) is 10.9. The van der Waals surface area contributed by atoms with Gasteiger partial charge < -0.3 is 0 Å². The number of aromatic nitrogens is 3. The van der Waals surface area contributed by atoms with Crippen molar-refractivity contribution in [2.24, 2.45) is 5.10 Å². The molecule has 0 bridgehead atoms. The molecule has 0 aliphatic heterocycles. The summed E-state index contributed by atoms with van der Waals surface area (Å²) in [6, 6.07) is 3.99. The molecule has 0 saturated heterocycles. The van der Waals surface area contributed by atoms with Gasteiger partial charge in [-0.15, -0.1) is 11.3 Å². The van der Waals surface area contributed by atoms with E-state index in [9.17, 15) is 4.79 Å². The molecule has 2 rings (SSSR count). The van der Waals surface area contributed by atoms with E-state index in [0.29, 0.717) is 11.5 Å². The first-order valence-electron chi connectivity index (χ1n) is 4.94. The Hall–Kier alpha value is -2.02. The second-order valence-corrected chi connectivity index (χ2v) is 4.71. The number of rotatable bonds is 3. The van der Waals surface area contributed by atoms with Gasteiger partial charge in [-0.2, -0.15) is 15.2 Å². The predicted molar refractivity (Wildman–Crippen MR) is 67.7 cm³/mol. The van der Waals surface area contributed by atoms with Crippen molar-refractivity contribution in [3.63, 3.8) is 0 Å². The zero-order valence-corrected chi connectivity index (χ0v) is 10.2. The van der Waals surface area contributed by atoms with Crippen LogP contribution in [0.1, 0.15) is 15.4 Å². The molecule has 0 unspecified atom stereocenters. The van der Waals surface area contributed by atoms with Crippen molar-refractivity contribution in [2.75, 3.05) is 5.43 Å². The van der Waals surface area contributed by atoms with Crippen molar-refractivity contribution < 1.29 is 0 Å². The molecular formula is C10H11N5OS. The highest BCUT2D eigenvalue weighted by Gasteiger charge is 2.00. The summed E-state index contributed by atoms with van der Waals surface area (Å²) in [5.41, 5.74) is 2.78. The van der Waals surface area contributed by atoms with Crippen molar-refractivity contribution in [3.05, 3.63) is 38.1 Å². The molecule has 0 aromatic carbocycles. The number of H-pyrrole nitrogens is 1. The molecule has 0 amide bonds. The molecule has 2 heterocycles. The molecule has 0 aliphatic rings. The van der Waals surface area contributed by atoms with Gasteiger partial charge in [-0.1, -0.05) is 0 Å². The minimum absolute atomic E-state index is 0.360. The van der Waals surface area contributed by atoms with E-state index in [1.54, 1.807) is 24.5 Å². The number of nitrogens with zero attached hydrogens (tertiary/aromatic N) is 3. The molecular weight excluding hydrogens is 238 g/mol. The molecule has 0 atom stereocenters. The van der Waals surface area contributed by atoms with Crippen LogP contribution in [-0.4, -0.2) is 21.4 Å². The number of hydrazone groups is 1. The standard InChI is InChI=1S/C10H11N5OS/c1-6-3-4-8(17-6)5-11-14-9-7(2)13-15-10(16)12-9/h3-5H,1-2H3,(H2,12,14,15,16).